The first-order valence-corrected chi connectivity index (χ1v) is 16.7. The maximum Gasteiger partial charge on any atom is 0.410 e. The minimum absolute atomic E-state index is 0.0690. The van der Waals surface area contributed by atoms with Crippen LogP contribution in [0.15, 0.2) is 53.9 Å². The van der Waals surface area contributed by atoms with E-state index in [1.807, 2.05) is 68.9 Å². The van der Waals surface area contributed by atoms with Crippen LogP contribution in [0.5, 0.6) is 5.75 Å². The van der Waals surface area contributed by atoms with Crippen LogP contribution in [-0.2, 0) is 24.2 Å². The van der Waals surface area contributed by atoms with Crippen LogP contribution in [0.4, 0.5) is 9.18 Å². The SMILES string of the molecule is CC(C)Oc1cc(F)ccc1-c1c(-c2cc3n(n2)CCN(C(=O)OC(C)(C)C)C3)nc(-c2ccc3c(c2)CCNC3=O)c2ccsc12. The van der Waals surface area contributed by atoms with Crippen molar-refractivity contribution in [3.05, 3.63) is 76.5 Å². The van der Waals surface area contributed by atoms with Crippen LogP contribution in [0, 0.1) is 5.82 Å². The van der Waals surface area contributed by atoms with Crippen LogP contribution in [0.25, 0.3) is 43.9 Å². The molecule has 1 N–H and O–H groups in total. The van der Waals surface area contributed by atoms with Gasteiger partial charge in [-0.1, -0.05) is 6.07 Å². The molecule has 2 amide bonds. The molecule has 2 aromatic carbocycles. The Morgan fingerprint density at radius 3 is 2.64 bits per heavy atom. The summed E-state index contributed by atoms with van der Waals surface area (Å²) in [6.45, 7) is 11.3. The summed E-state index contributed by atoms with van der Waals surface area (Å²) in [4.78, 5) is 32.4. The summed E-state index contributed by atoms with van der Waals surface area (Å²) in [7, 11) is 0. The Labute approximate surface area is 276 Å². The predicted molar refractivity (Wildman–Crippen MR) is 180 cm³/mol. The topological polar surface area (TPSA) is 98.6 Å². The Morgan fingerprint density at radius 2 is 1.85 bits per heavy atom. The van der Waals surface area contributed by atoms with E-state index < -0.39 is 11.4 Å². The number of rotatable bonds is 5. The molecule has 0 unspecified atom stereocenters. The van der Waals surface area contributed by atoms with E-state index in [9.17, 15) is 14.0 Å². The molecule has 5 aromatic rings. The highest BCUT2D eigenvalue weighted by Gasteiger charge is 2.29. The lowest BCUT2D eigenvalue weighted by Crippen LogP contribution is -2.41. The predicted octanol–water partition coefficient (Wildman–Crippen LogP) is 7.46. The lowest BCUT2D eigenvalue weighted by atomic mass is 9.94. The number of amides is 2. The number of hydrogen-bond donors (Lipinski definition) is 1. The number of nitrogens with zero attached hydrogens (tertiary/aromatic N) is 4. The van der Waals surface area contributed by atoms with E-state index in [1.54, 1.807) is 22.3 Å². The highest BCUT2D eigenvalue weighted by atomic mass is 32.1. The van der Waals surface area contributed by atoms with Crippen LogP contribution < -0.4 is 10.1 Å². The van der Waals surface area contributed by atoms with Gasteiger partial charge in [-0.05, 0) is 88.4 Å². The number of aromatic nitrogens is 3. The van der Waals surface area contributed by atoms with E-state index in [-0.39, 0.29) is 18.1 Å². The molecule has 0 atom stereocenters. The van der Waals surface area contributed by atoms with E-state index in [4.69, 9.17) is 19.6 Å². The second-order valence-electron chi connectivity index (χ2n) is 13.2. The Kier molecular flexibility index (Phi) is 7.74. The molecule has 0 radical (unpaired) electrons. The first-order valence-electron chi connectivity index (χ1n) is 15.8. The number of carbonyl (C=O) groups is 2. The number of fused-ring (bicyclic) bond motifs is 3. The molecular weight excluding hydrogens is 617 g/mol. The number of ether oxygens (including phenoxy) is 2. The first kappa shape index (κ1) is 30.9. The van der Waals surface area contributed by atoms with Crippen molar-refractivity contribution < 1.29 is 23.5 Å². The third-order valence-electron chi connectivity index (χ3n) is 8.18. The highest BCUT2D eigenvalue weighted by molar-refractivity contribution is 7.18. The summed E-state index contributed by atoms with van der Waals surface area (Å²) in [6.07, 6.45) is 0.187. The van der Waals surface area contributed by atoms with Crippen LogP contribution in [-0.4, -0.2) is 56.5 Å². The molecular formula is C36H36FN5O4S. The summed E-state index contributed by atoms with van der Waals surface area (Å²) < 4.78 is 29.3. The number of nitrogens with one attached hydrogen (secondary N) is 1. The molecule has 0 spiro atoms. The molecule has 0 saturated carbocycles. The lowest BCUT2D eigenvalue weighted by molar-refractivity contribution is 0.0194. The lowest BCUT2D eigenvalue weighted by Gasteiger charge is -2.30. The van der Waals surface area contributed by atoms with Crippen molar-refractivity contribution in [3.63, 3.8) is 0 Å². The molecule has 2 aliphatic rings. The largest absolute Gasteiger partial charge is 0.490 e. The summed E-state index contributed by atoms with van der Waals surface area (Å²) in [5.74, 6) is -0.0402. The fourth-order valence-corrected chi connectivity index (χ4v) is 7.13. The van der Waals surface area contributed by atoms with Crippen LogP contribution >= 0.6 is 11.3 Å². The summed E-state index contributed by atoms with van der Waals surface area (Å²) in [5, 5.41) is 10.9. The van der Waals surface area contributed by atoms with Gasteiger partial charge in [0.2, 0.25) is 0 Å². The first-order chi connectivity index (χ1) is 22.4. The van der Waals surface area contributed by atoms with Gasteiger partial charge < -0.3 is 19.7 Å². The minimum Gasteiger partial charge on any atom is -0.490 e. The molecule has 47 heavy (non-hydrogen) atoms. The van der Waals surface area contributed by atoms with E-state index in [0.29, 0.717) is 54.4 Å². The third-order valence-corrected chi connectivity index (χ3v) is 9.11. The average Bonchev–Trinajstić information content (AvgIpc) is 3.67. The zero-order chi connectivity index (χ0) is 33.0. The second kappa shape index (κ2) is 11.8. The van der Waals surface area contributed by atoms with Gasteiger partial charge in [0.25, 0.3) is 5.91 Å². The van der Waals surface area contributed by atoms with Crippen molar-refractivity contribution in [2.75, 3.05) is 13.1 Å². The molecule has 0 aliphatic carbocycles. The second-order valence-corrected chi connectivity index (χ2v) is 14.1. The van der Waals surface area contributed by atoms with Crippen LogP contribution in [0.3, 0.4) is 0 Å². The van der Waals surface area contributed by atoms with E-state index in [1.165, 1.54) is 12.1 Å². The molecule has 0 bridgehead atoms. The van der Waals surface area contributed by atoms with Crippen molar-refractivity contribution in [3.8, 4) is 39.5 Å². The highest BCUT2D eigenvalue weighted by Crippen LogP contribution is 2.46. The van der Waals surface area contributed by atoms with Crippen LogP contribution in [0.2, 0.25) is 0 Å². The van der Waals surface area contributed by atoms with Crippen molar-refractivity contribution in [1.82, 2.24) is 25.0 Å². The number of pyridine rings is 1. The van der Waals surface area contributed by atoms with E-state index >= 15 is 0 Å². The fraction of sp³-hybridized carbons (Fsp3) is 0.333. The smallest absolute Gasteiger partial charge is 0.410 e. The van der Waals surface area contributed by atoms with Crippen molar-refractivity contribution in [2.45, 2.75) is 65.8 Å². The third kappa shape index (κ3) is 5.95. The van der Waals surface area contributed by atoms with Crippen molar-refractivity contribution in [1.29, 1.82) is 0 Å². The number of carbonyl (C=O) groups excluding carboxylic acids is 2. The van der Waals surface area contributed by atoms with Gasteiger partial charge in [-0.25, -0.2) is 14.2 Å². The van der Waals surface area contributed by atoms with E-state index in [0.717, 1.165) is 44.6 Å². The van der Waals surface area contributed by atoms with Gasteiger partial charge >= 0.3 is 6.09 Å². The van der Waals surface area contributed by atoms with Gasteiger partial charge in [-0.3, -0.25) is 9.48 Å². The summed E-state index contributed by atoms with van der Waals surface area (Å²) in [6, 6.07) is 14.5. The maximum absolute atomic E-state index is 14.6. The number of benzene rings is 2. The van der Waals surface area contributed by atoms with Gasteiger partial charge in [-0.2, -0.15) is 5.10 Å². The van der Waals surface area contributed by atoms with Gasteiger partial charge in [-0.15, -0.1) is 11.3 Å². The number of thiophene rings is 1. The summed E-state index contributed by atoms with van der Waals surface area (Å²) >= 11 is 1.57. The molecule has 7 rings (SSSR count). The summed E-state index contributed by atoms with van der Waals surface area (Å²) in [5.41, 5.74) is 6.34. The molecule has 2 aliphatic heterocycles. The Bertz CT molecular complexity index is 2040. The van der Waals surface area contributed by atoms with Gasteiger partial charge in [0.15, 0.2) is 0 Å². The molecule has 5 heterocycles. The zero-order valence-corrected chi connectivity index (χ0v) is 27.8. The average molecular weight is 654 g/mol. The molecule has 3 aromatic heterocycles. The Balaban J connectivity index is 1.42. The molecule has 9 nitrogen and oxygen atoms in total. The molecule has 0 fully saturated rings. The number of hydrogen-bond acceptors (Lipinski definition) is 7. The normalized spacial score (nSPS) is 14.6. The molecule has 11 heteroatoms. The monoisotopic (exact) mass is 653 g/mol. The van der Waals surface area contributed by atoms with Crippen molar-refractivity contribution >= 4 is 33.4 Å². The zero-order valence-electron chi connectivity index (χ0n) is 27.0. The number of halogens is 1. The van der Waals surface area contributed by atoms with Gasteiger partial charge in [0.05, 0.1) is 30.6 Å². The Morgan fingerprint density at radius 1 is 1.04 bits per heavy atom. The molecule has 242 valence electrons. The van der Waals surface area contributed by atoms with E-state index in [2.05, 4.69) is 11.4 Å². The Hall–Kier alpha value is -4.77. The fourth-order valence-electron chi connectivity index (χ4n) is 6.17. The van der Waals surface area contributed by atoms with Gasteiger partial charge in [0.1, 0.15) is 28.6 Å². The van der Waals surface area contributed by atoms with Crippen molar-refractivity contribution in [2.24, 2.45) is 0 Å². The van der Waals surface area contributed by atoms with Crippen LogP contribution in [0.1, 0.15) is 56.2 Å². The minimum atomic E-state index is -0.601. The van der Waals surface area contributed by atoms with Gasteiger partial charge in [0, 0.05) is 51.5 Å². The maximum atomic E-state index is 14.6. The molecule has 0 saturated heterocycles. The standard InChI is InChI=1S/C36H36FN5O4S/c1-20(2)45-29-17-23(37)7-9-26(29)30-32(28-18-24-19-41(13-14-42(24)40-28)35(44)46-36(3,4)5)39-31(27-11-15-47-33(27)30)22-6-8-25-21(16-22)10-12-38-34(25)43/h6-9,11,15-18,20H,10,12-14,19H2,1-5H3,(H,38,43). The quantitative estimate of drug-likeness (QED) is 0.212.